The van der Waals surface area contributed by atoms with E-state index >= 15 is 0 Å². The van der Waals surface area contributed by atoms with Gasteiger partial charge in [-0.3, -0.25) is 4.90 Å². The maximum Gasteiger partial charge on any atom is 0.326 e. The number of aryl methyl sites for hydroxylation is 1. The van der Waals surface area contributed by atoms with Gasteiger partial charge in [0.05, 0.1) is 0 Å². The molecule has 0 atom stereocenters. The minimum Gasteiger partial charge on any atom is -0.338 e. The second-order valence-electron chi connectivity index (χ2n) is 6.81. The van der Waals surface area contributed by atoms with Gasteiger partial charge in [-0.25, -0.2) is 14.0 Å². The first-order valence-corrected chi connectivity index (χ1v) is 9.92. The maximum atomic E-state index is 13.3. The number of rotatable bonds is 9. The summed E-state index contributed by atoms with van der Waals surface area (Å²) in [6.07, 6.45) is 2.51. The highest BCUT2D eigenvalue weighted by Gasteiger charge is 2.16. The number of anilines is 2. The van der Waals surface area contributed by atoms with Crippen molar-refractivity contribution >= 4 is 23.4 Å². The molecule has 0 aromatic heterocycles. The number of carbonyl (C=O) groups is 2. The van der Waals surface area contributed by atoms with Crippen molar-refractivity contribution in [2.75, 3.05) is 29.9 Å². The van der Waals surface area contributed by atoms with Crippen LogP contribution in [0, 0.1) is 12.7 Å². The summed E-state index contributed by atoms with van der Waals surface area (Å²) >= 11 is 0. The third kappa shape index (κ3) is 7.81. The van der Waals surface area contributed by atoms with Crippen LogP contribution in [0.15, 0.2) is 48.5 Å². The van der Waals surface area contributed by atoms with Crippen LogP contribution in [0.3, 0.4) is 0 Å². The van der Waals surface area contributed by atoms with Crippen molar-refractivity contribution < 1.29 is 14.0 Å². The van der Waals surface area contributed by atoms with Gasteiger partial charge >= 0.3 is 12.1 Å². The summed E-state index contributed by atoms with van der Waals surface area (Å²) in [5.74, 6) is -0.363. The Morgan fingerprint density at radius 3 is 2.17 bits per heavy atom. The highest BCUT2D eigenvalue weighted by molar-refractivity contribution is 6.01. The van der Waals surface area contributed by atoms with Crippen LogP contribution < -0.4 is 20.9 Å². The molecule has 0 bridgehead atoms. The quantitative estimate of drug-likeness (QED) is 0.536. The lowest BCUT2D eigenvalue weighted by Crippen LogP contribution is -2.39. The number of halogens is 1. The number of nitrogens with zero attached hydrogens (tertiary/aromatic N) is 1. The summed E-state index contributed by atoms with van der Waals surface area (Å²) in [7, 11) is 0. The van der Waals surface area contributed by atoms with E-state index in [2.05, 4.69) is 22.9 Å². The van der Waals surface area contributed by atoms with Crippen molar-refractivity contribution in [1.82, 2.24) is 10.6 Å². The lowest BCUT2D eigenvalue weighted by molar-refractivity contribution is 0.240. The van der Waals surface area contributed by atoms with Gasteiger partial charge in [-0.2, -0.15) is 0 Å². The van der Waals surface area contributed by atoms with Crippen molar-refractivity contribution in [3.8, 4) is 0 Å². The van der Waals surface area contributed by atoms with Gasteiger partial charge in [0, 0.05) is 31.0 Å². The Kier molecular flexibility index (Phi) is 8.95. The Balaban J connectivity index is 1.94. The zero-order chi connectivity index (χ0) is 21.1. The van der Waals surface area contributed by atoms with E-state index in [9.17, 15) is 14.0 Å². The van der Waals surface area contributed by atoms with E-state index in [0.29, 0.717) is 37.4 Å². The zero-order valence-electron chi connectivity index (χ0n) is 17.0. The van der Waals surface area contributed by atoms with Gasteiger partial charge in [-0.15, -0.1) is 0 Å². The number of unbranched alkanes of at least 4 members (excludes halogenated alkanes) is 1. The van der Waals surface area contributed by atoms with Gasteiger partial charge in [-0.05, 0) is 56.2 Å². The summed E-state index contributed by atoms with van der Waals surface area (Å²) in [5.41, 5.74) is 2.37. The normalized spacial score (nSPS) is 10.3. The largest absolute Gasteiger partial charge is 0.338 e. The first-order chi connectivity index (χ1) is 14.0. The standard InChI is InChI=1S/C22H29FN4O2/c1-3-4-14-24-21(28)25-15-5-16-27(20-12-8-18(23)9-13-20)22(29)26-19-10-6-17(2)7-11-19/h6-13H,3-5,14-16H2,1-2H3,(H,26,29)(H2,24,25,28). The van der Waals surface area contributed by atoms with Crippen LogP contribution in [0.25, 0.3) is 0 Å². The van der Waals surface area contributed by atoms with Crippen LogP contribution in [0.2, 0.25) is 0 Å². The molecule has 0 fully saturated rings. The predicted octanol–water partition coefficient (Wildman–Crippen LogP) is 4.66. The smallest absolute Gasteiger partial charge is 0.326 e. The summed E-state index contributed by atoms with van der Waals surface area (Å²) in [5, 5.41) is 8.43. The Hall–Kier alpha value is -3.09. The van der Waals surface area contributed by atoms with Crippen molar-refractivity contribution in [3.05, 3.63) is 59.9 Å². The molecule has 0 heterocycles. The minimum absolute atomic E-state index is 0.212. The summed E-state index contributed by atoms with van der Waals surface area (Å²) in [4.78, 5) is 26.1. The number of benzene rings is 2. The molecule has 0 spiro atoms. The van der Waals surface area contributed by atoms with E-state index < -0.39 is 0 Å². The van der Waals surface area contributed by atoms with Gasteiger partial charge in [0.2, 0.25) is 0 Å². The Bertz CT molecular complexity index is 778. The van der Waals surface area contributed by atoms with Crippen molar-refractivity contribution in [3.63, 3.8) is 0 Å². The van der Waals surface area contributed by atoms with Gasteiger partial charge < -0.3 is 16.0 Å². The molecule has 29 heavy (non-hydrogen) atoms. The molecule has 0 aliphatic carbocycles. The van der Waals surface area contributed by atoms with E-state index in [0.717, 1.165) is 18.4 Å². The molecule has 4 amide bonds. The second-order valence-corrected chi connectivity index (χ2v) is 6.81. The van der Waals surface area contributed by atoms with E-state index in [1.54, 1.807) is 12.1 Å². The molecule has 3 N–H and O–H groups in total. The monoisotopic (exact) mass is 400 g/mol. The third-order valence-electron chi connectivity index (χ3n) is 4.35. The SMILES string of the molecule is CCCCNC(=O)NCCCN(C(=O)Nc1ccc(C)cc1)c1ccc(F)cc1. The number of carbonyl (C=O) groups excluding carboxylic acids is 2. The van der Waals surface area contributed by atoms with Gasteiger partial charge in [0.1, 0.15) is 5.82 Å². The van der Waals surface area contributed by atoms with Crippen LogP contribution in [-0.4, -0.2) is 31.7 Å². The van der Waals surface area contributed by atoms with Gasteiger partial charge in [0.25, 0.3) is 0 Å². The zero-order valence-corrected chi connectivity index (χ0v) is 17.0. The summed E-state index contributed by atoms with van der Waals surface area (Å²) in [6.45, 7) is 5.47. The molecule has 2 aromatic carbocycles. The second kappa shape index (κ2) is 11.7. The highest BCUT2D eigenvalue weighted by atomic mass is 19.1. The maximum absolute atomic E-state index is 13.3. The molecule has 2 rings (SSSR count). The average Bonchev–Trinajstić information content (AvgIpc) is 2.71. The minimum atomic E-state index is -0.363. The summed E-state index contributed by atoms with van der Waals surface area (Å²) in [6, 6.07) is 12.7. The fraction of sp³-hybridized carbons (Fsp3) is 0.364. The van der Waals surface area contributed by atoms with E-state index in [4.69, 9.17) is 0 Å². The lowest BCUT2D eigenvalue weighted by Gasteiger charge is -2.23. The molecule has 0 unspecified atom stereocenters. The van der Waals surface area contributed by atoms with Crippen LogP contribution in [0.5, 0.6) is 0 Å². The molecule has 0 saturated carbocycles. The topological polar surface area (TPSA) is 73.5 Å². The third-order valence-corrected chi connectivity index (χ3v) is 4.35. The van der Waals surface area contributed by atoms with E-state index in [1.807, 2.05) is 31.2 Å². The number of nitrogens with one attached hydrogen (secondary N) is 3. The molecule has 0 aliphatic heterocycles. The molecule has 0 aliphatic rings. The molecule has 0 saturated heterocycles. The van der Waals surface area contributed by atoms with E-state index in [1.165, 1.54) is 17.0 Å². The van der Waals surface area contributed by atoms with Crippen molar-refractivity contribution in [1.29, 1.82) is 0 Å². The number of amides is 4. The Morgan fingerprint density at radius 2 is 1.55 bits per heavy atom. The number of hydrogen-bond acceptors (Lipinski definition) is 2. The fourth-order valence-electron chi connectivity index (χ4n) is 2.68. The number of urea groups is 2. The van der Waals surface area contributed by atoms with Crippen LogP contribution >= 0.6 is 0 Å². The summed E-state index contributed by atoms with van der Waals surface area (Å²) < 4.78 is 13.3. The van der Waals surface area contributed by atoms with Crippen LogP contribution in [0.1, 0.15) is 31.7 Å². The molecular weight excluding hydrogens is 371 g/mol. The number of hydrogen-bond donors (Lipinski definition) is 3. The Morgan fingerprint density at radius 1 is 0.931 bits per heavy atom. The van der Waals surface area contributed by atoms with Crippen molar-refractivity contribution in [2.45, 2.75) is 33.1 Å². The molecule has 156 valence electrons. The molecule has 0 radical (unpaired) electrons. The van der Waals surface area contributed by atoms with Gasteiger partial charge in [-0.1, -0.05) is 31.0 Å². The van der Waals surface area contributed by atoms with Crippen LogP contribution in [-0.2, 0) is 0 Å². The predicted molar refractivity (Wildman–Crippen MR) is 115 cm³/mol. The fourth-order valence-corrected chi connectivity index (χ4v) is 2.68. The first-order valence-electron chi connectivity index (χ1n) is 9.92. The highest BCUT2D eigenvalue weighted by Crippen LogP contribution is 2.18. The molecule has 6 nitrogen and oxygen atoms in total. The van der Waals surface area contributed by atoms with Gasteiger partial charge in [0.15, 0.2) is 0 Å². The average molecular weight is 400 g/mol. The van der Waals surface area contributed by atoms with Crippen molar-refractivity contribution in [2.24, 2.45) is 0 Å². The molecule has 2 aromatic rings. The van der Waals surface area contributed by atoms with E-state index in [-0.39, 0.29) is 17.9 Å². The van der Waals surface area contributed by atoms with Crippen LogP contribution in [0.4, 0.5) is 25.4 Å². The molecule has 7 heteroatoms. The Labute approximate surface area is 171 Å². The molecular formula is C22H29FN4O2. The first kappa shape index (κ1) is 22.2. The lowest BCUT2D eigenvalue weighted by atomic mass is 10.2.